The van der Waals surface area contributed by atoms with E-state index in [0.717, 1.165) is 5.56 Å². The van der Waals surface area contributed by atoms with E-state index in [1.165, 1.54) is 13.3 Å². The second kappa shape index (κ2) is 6.78. The van der Waals surface area contributed by atoms with Crippen LogP contribution in [0.5, 0.6) is 0 Å². The maximum Gasteiger partial charge on any atom is 0.337 e. The Morgan fingerprint density at radius 2 is 1.92 bits per heavy atom. The van der Waals surface area contributed by atoms with Crippen LogP contribution in [0.2, 0.25) is 0 Å². The number of carbonyl (C=O) groups is 1. The van der Waals surface area contributed by atoms with Crippen molar-refractivity contribution in [2.75, 3.05) is 7.11 Å². The highest BCUT2D eigenvalue weighted by molar-refractivity contribution is 5.97. The zero-order valence-corrected chi connectivity index (χ0v) is 12.8. The number of ether oxygens (including phenoxy) is 1. The molecule has 0 radical (unpaired) electrons. The quantitative estimate of drug-likeness (QED) is 0.343. The fourth-order valence-electron chi connectivity index (χ4n) is 2.39. The van der Waals surface area contributed by atoms with E-state index in [4.69, 9.17) is 14.5 Å². The molecule has 1 aromatic heterocycles. The van der Waals surface area contributed by atoms with Crippen molar-refractivity contribution in [3.8, 4) is 22.6 Å². The third-order valence-corrected chi connectivity index (χ3v) is 3.51. The molecule has 6 nitrogen and oxygen atoms in total. The normalized spacial score (nSPS) is 10.9. The molecule has 0 aliphatic rings. The summed E-state index contributed by atoms with van der Waals surface area (Å²) in [5.41, 5.74) is 2.84. The first kappa shape index (κ1) is 15.5. The number of aromatic nitrogens is 1. The van der Waals surface area contributed by atoms with Crippen LogP contribution in [-0.4, -0.2) is 29.7 Å². The maximum atomic E-state index is 11.7. The van der Waals surface area contributed by atoms with Crippen LogP contribution < -0.4 is 0 Å². The smallest absolute Gasteiger partial charge is 0.337 e. The van der Waals surface area contributed by atoms with E-state index in [9.17, 15) is 4.79 Å². The summed E-state index contributed by atoms with van der Waals surface area (Å²) in [6.07, 6.45) is 1.26. The SMILES string of the molecule is COC(=O)c1cccc(-c2noc(-c3ccccc3)c2C=NO)c1. The van der Waals surface area contributed by atoms with Gasteiger partial charge in [0.2, 0.25) is 0 Å². The first-order valence-corrected chi connectivity index (χ1v) is 7.16. The fourth-order valence-corrected chi connectivity index (χ4v) is 2.39. The minimum atomic E-state index is -0.444. The highest BCUT2D eigenvalue weighted by atomic mass is 16.5. The molecular weight excluding hydrogens is 308 g/mol. The average molecular weight is 322 g/mol. The third kappa shape index (κ3) is 2.89. The summed E-state index contributed by atoms with van der Waals surface area (Å²) in [7, 11) is 1.32. The Morgan fingerprint density at radius 1 is 1.17 bits per heavy atom. The van der Waals surface area contributed by atoms with Crippen molar-refractivity contribution in [2.24, 2.45) is 5.16 Å². The molecule has 0 aliphatic carbocycles. The van der Waals surface area contributed by atoms with Gasteiger partial charge in [-0.2, -0.15) is 0 Å². The third-order valence-electron chi connectivity index (χ3n) is 3.51. The molecule has 3 rings (SSSR count). The van der Waals surface area contributed by atoms with Gasteiger partial charge in [-0.3, -0.25) is 0 Å². The molecule has 0 amide bonds. The Kier molecular flexibility index (Phi) is 4.38. The molecule has 0 aliphatic heterocycles. The zero-order chi connectivity index (χ0) is 16.9. The molecule has 0 unspecified atom stereocenters. The Hall–Kier alpha value is -3.41. The summed E-state index contributed by atoms with van der Waals surface area (Å²) < 4.78 is 10.2. The van der Waals surface area contributed by atoms with Gasteiger partial charge in [-0.05, 0) is 12.1 Å². The predicted molar refractivity (Wildman–Crippen MR) is 88.1 cm³/mol. The van der Waals surface area contributed by atoms with Crippen LogP contribution in [0.15, 0.2) is 64.3 Å². The molecule has 2 aromatic carbocycles. The number of benzene rings is 2. The molecule has 0 saturated heterocycles. The molecule has 24 heavy (non-hydrogen) atoms. The van der Waals surface area contributed by atoms with Gasteiger partial charge in [-0.1, -0.05) is 52.8 Å². The second-order valence-corrected chi connectivity index (χ2v) is 4.96. The van der Waals surface area contributed by atoms with Crippen LogP contribution >= 0.6 is 0 Å². The molecule has 1 N–H and O–H groups in total. The van der Waals surface area contributed by atoms with Crippen LogP contribution in [0.4, 0.5) is 0 Å². The van der Waals surface area contributed by atoms with Gasteiger partial charge in [0.15, 0.2) is 5.76 Å². The van der Waals surface area contributed by atoms with Crippen LogP contribution in [0.3, 0.4) is 0 Å². The number of carbonyl (C=O) groups excluding carboxylic acids is 1. The molecule has 0 spiro atoms. The molecule has 0 atom stereocenters. The lowest BCUT2D eigenvalue weighted by molar-refractivity contribution is 0.0601. The summed E-state index contributed by atoms with van der Waals surface area (Å²) >= 11 is 0. The number of nitrogens with zero attached hydrogens (tertiary/aromatic N) is 2. The highest BCUT2D eigenvalue weighted by Gasteiger charge is 2.19. The van der Waals surface area contributed by atoms with Crippen LogP contribution in [0, 0.1) is 0 Å². The minimum absolute atomic E-state index is 0.395. The van der Waals surface area contributed by atoms with Gasteiger partial charge in [0.1, 0.15) is 5.69 Å². The molecule has 3 aromatic rings. The first-order valence-electron chi connectivity index (χ1n) is 7.16. The molecule has 6 heteroatoms. The Morgan fingerprint density at radius 3 is 2.62 bits per heavy atom. The van der Waals surface area contributed by atoms with Crippen molar-refractivity contribution in [3.63, 3.8) is 0 Å². The number of rotatable bonds is 4. The molecule has 0 bridgehead atoms. The Labute approximate surface area is 138 Å². The lowest BCUT2D eigenvalue weighted by Gasteiger charge is -2.02. The zero-order valence-electron chi connectivity index (χ0n) is 12.8. The number of methoxy groups -OCH3 is 1. The largest absolute Gasteiger partial charge is 0.465 e. The number of esters is 1. The van der Waals surface area contributed by atoms with Crippen molar-refractivity contribution in [2.45, 2.75) is 0 Å². The predicted octanol–water partition coefficient (Wildman–Crippen LogP) is 3.60. The van der Waals surface area contributed by atoms with Gasteiger partial charge >= 0.3 is 5.97 Å². The van der Waals surface area contributed by atoms with Gasteiger partial charge in [0.25, 0.3) is 0 Å². The van der Waals surface area contributed by atoms with Crippen molar-refractivity contribution in [1.82, 2.24) is 5.16 Å². The Balaban J connectivity index is 2.12. The topological polar surface area (TPSA) is 84.9 Å². The summed E-state index contributed by atoms with van der Waals surface area (Å²) in [5, 5.41) is 16.2. The van der Waals surface area contributed by atoms with Crippen molar-refractivity contribution < 1.29 is 19.3 Å². The highest BCUT2D eigenvalue weighted by Crippen LogP contribution is 2.31. The summed E-state index contributed by atoms with van der Waals surface area (Å²) in [4.78, 5) is 11.7. The second-order valence-electron chi connectivity index (χ2n) is 4.96. The number of hydrogen-bond acceptors (Lipinski definition) is 6. The summed E-state index contributed by atoms with van der Waals surface area (Å²) in [6.45, 7) is 0. The van der Waals surface area contributed by atoms with Crippen LogP contribution in [0.1, 0.15) is 15.9 Å². The fraction of sp³-hybridized carbons (Fsp3) is 0.0556. The minimum Gasteiger partial charge on any atom is -0.465 e. The van der Waals surface area contributed by atoms with E-state index in [2.05, 4.69) is 10.3 Å². The Bertz CT molecular complexity index is 885. The molecule has 0 saturated carbocycles. The van der Waals surface area contributed by atoms with Crippen molar-refractivity contribution >= 4 is 12.2 Å². The lowest BCUT2D eigenvalue weighted by Crippen LogP contribution is -2.01. The lowest BCUT2D eigenvalue weighted by atomic mass is 10.0. The standard InChI is InChI=1S/C18H14N2O4/c1-23-18(21)14-9-5-8-13(10-14)16-15(11-19-22)17(24-20-16)12-6-3-2-4-7-12/h2-11,22H,1H3. The van der Waals surface area contributed by atoms with E-state index < -0.39 is 5.97 Å². The van der Waals surface area contributed by atoms with E-state index in [1.54, 1.807) is 24.3 Å². The molecule has 1 heterocycles. The average Bonchev–Trinajstić information content (AvgIpc) is 3.06. The van der Waals surface area contributed by atoms with Crippen LogP contribution in [-0.2, 0) is 4.74 Å². The van der Waals surface area contributed by atoms with E-state index in [0.29, 0.717) is 28.1 Å². The van der Waals surface area contributed by atoms with Gasteiger partial charge in [-0.15, -0.1) is 0 Å². The van der Waals surface area contributed by atoms with E-state index in [-0.39, 0.29) is 0 Å². The summed E-state index contributed by atoms with van der Waals surface area (Å²) in [6, 6.07) is 16.2. The van der Waals surface area contributed by atoms with E-state index >= 15 is 0 Å². The first-order chi connectivity index (χ1) is 11.7. The molecular formula is C18H14N2O4. The van der Waals surface area contributed by atoms with E-state index in [1.807, 2.05) is 30.3 Å². The summed E-state index contributed by atoms with van der Waals surface area (Å²) in [5.74, 6) is 0.0351. The van der Waals surface area contributed by atoms with Crippen molar-refractivity contribution in [1.29, 1.82) is 0 Å². The molecule has 120 valence electrons. The van der Waals surface area contributed by atoms with Crippen molar-refractivity contribution in [3.05, 3.63) is 65.7 Å². The molecule has 0 fully saturated rings. The van der Waals surface area contributed by atoms with Crippen LogP contribution in [0.25, 0.3) is 22.6 Å². The number of oxime groups is 1. The number of hydrogen-bond donors (Lipinski definition) is 1. The van der Waals surface area contributed by atoms with Gasteiger partial charge in [-0.25, -0.2) is 4.79 Å². The van der Waals surface area contributed by atoms with Gasteiger partial charge in [0, 0.05) is 11.1 Å². The maximum absolute atomic E-state index is 11.7. The van der Waals surface area contributed by atoms with Gasteiger partial charge in [0.05, 0.1) is 24.5 Å². The monoisotopic (exact) mass is 322 g/mol. The van der Waals surface area contributed by atoms with Gasteiger partial charge < -0.3 is 14.5 Å².